The maximum atomic E-state index is 12.8. The summed E-state index contributed by atoms with van der Waals surface area (Å²) in [6, 6.07) is 2.28. The van der Waals surface area contributed by atoms with Crippen molar-refractivity contribution < 1.29 is 18.0 Å². The Labute approximate surface area is 159 Å². The van der Waals surface area contributed by atoms with Gasteiger partial charge in [0.2, 0.25) is 0 Å². The van der Waals surface area contributed by atoms with Gasteiger partial charge in [0.25, 0.3) is 11.5 Å². The molecule has 140 valence electrons. The lowest BCUT2D eigenvalue weighted by Crippen LogP contribution is -2.34. The number of aromatic amines is 1. The van der Waals surface area contributed by atoms with Crippen molar-refractivity contribution in [3.63, 3.8) is 0 Å². The number of carbonyl (C=O) groups excluding carboxylic acids is 1. The van der Waals surface area contributed by atoms with E-state index >= 15 is 0 Å². The average Bonchev–Trinajstić information content (AvgIpc) is 2.53. The minimum atomic E-state index is -4.76. The number of hydrogen-bond acceptors (Lipinski definition) is 5. The maximum absolute atomic E-state index is 12.8. The van der Waals surface area contributed by atoms with Gasteiger partial charge in [-0.1, -0.05) is 6.92 Å². The molecule has 0 radical (unpaired) electrons. The number of carbonyl (C=O) groups is 1. The second-order valence-electron chi connectivity index (χ2n) is 5.11. The number of thioether (sulfide) groups is 1. The third-order valence-corrected chi connectivity index (χ3v) is 4.65. The SMILES string of the molecule is CCSc1cc(Br)cnc1C(=O)N(C)c1c(N)cc(C(F)(F)F)[nH]c1=O. The molecule has 2 aromatic heterocycles. The van der Waals surface area contributed by atoms with Gasteiger partial charge < -0.3 is 15.6 Å². The van der Waals surface area contributed by atoms with Crippen LogP contribution in [0.4, 0.5) is 24.5 Å². The number of aromatic nitrogens is 2. The van der Waals surface area contributed by atoms with Crippen LogP contribution < -0.4 is 16.2 Å². The first-order valence-corrected chi connectivity index (χ1v) is 9.00. The first-order chi connectivity index (χ1) is 12.1. The Kier molecular flexibility index (Phi) is 6.02. The minimum absolute atomic E-state index is 0.0706. The highest BCUT2D eigenvalue weighted by Gasteiger charge is 2.34. The monoisotopic (exact) mass is 450 g/mol. The van der Waals surface area contributed by atoms with Gasteiger partial charge in [0.1, 0.15) is 17.1 Å². The van der Waals surface area contributed by atoms with Crippen LogP contribution in [0.25, 0.3) is 0 Å². The van der Waals surface area contributed by atoms with Gasteiger partial charge in [-0.15, -0.1) is 11.8 Å². The Morgan fingerprint density at radius 3 is 2.62 bits per heavy atom. The van der Waals surface area contributed by atoms with E-state index in [1.54, 1.807) is 11.1 Å². The van der Waals surface area contributed by atoms with Crippen molar-refractivity contribution in [1.82, 2.24) is 9.97 Å². The lowest BCUT2D eigenvalue weighted by Gasteiger charge is -2.20. The van der Waals surface area contributed by atoms with Crippen LogP contribution in [0.1, 0.15) is 23.1 Å². The second kappa shape index (κ2) is 7.70. The topological polar surface area (TPSA) is 92.1 Å². The smallest absolute Gasteiger partial charge is 0.397 e. The van der Waals surface area contributed by atoms with Crippen LogP contribution >= 0.6 is 27.7 Å². The zero-order valence-corrected chi connectivity index (χ0v) is 16.1. The van der Waals surface area contributed by atoms with E-state index in [2.05, 4.69) is 20.9 Å². The van der Waals surface area contributed by atoms with Gasteiger partial charge in [-0.2, -0.15) is 13.2 Å². The molecule has 0 aliphatic carbocycles. The van der Waals surface area contributed by atoms with E-state index in [1.807, 2.05) is 6.92 Å². The summed E-state index contributed by atoms with van der Waals surface area (Å²) in [5.74, 6) is 0.0101. The number of nitrogens with one attached hydrogen (secondary N) is 1. The largest absolute Gasteiger partial charge is 0.431 e. The second-order valence-corrected chi connectivity index (χ2v) is 7.33. The zero-order valence-electron chi connectivity index (χ0n) is 13.6. The van der Waals surface area contributed by atoms with E-state index in [4.69, 9.17) is 5.73 Å². The Hall–Kier alpha value is -2.01. The Balaban J connectivity index is 2.49. The van der Waals surface area contributed by atoms with Crippen LogP contribution in [0.5, 0.6) is 0 Å². The van der Waals surface area contributed by atoms with E-state index in [0.29, 0.717) is 21.2 Å². The van der Waals surface area contributed by atoms with Crippen LogP contribution in [-0.4, -0.2) is 28.7 Å². The molecule has 0 atom stereocenters. The van der Waals surface area contributed by atoms with Crippen molar-refractivity contribution in [1.29, 1.82) is 0 Å². The molecule has 0 unspecified atom stereocenters. The molecule has 6 nitrogen and oxygen atoms in total. The van der Waals surface area contributed by atoms with Gasteiger partial charge in [0.15, 0.2) is 0 Å². The molecular formula is C15H14BrF3N4O2S. The molecule has 26 heavy (non-hydrogen) atoms. The van der Waals surface area contributed by atoms with Crippen molar-refractivity contribution >= 4 is 45.0 Å². The quantitative estimate of drug-likeness (QED) is 0.695. The van der Waals surface area contributed by atoms with Gasteiger partial charge in [-0.05, 0) is 33.8 Å². The molecule has 1 amide bonds. The number of H-pyrrole nitrogens is 1. The molecule has 0 bridgehead atoms. The molecule has 11 heteroatoms. The molecule has 0 saturated heterocycles. The van der Waals surface area contributed by atoms with Crippen LogP contribution in [-0.2, 0) is 6.18 Å². The summed E-state index contributed by atoms with van der Waals surface area (Å²) in [5.41, 5.74) is 2.45. The summed E-state index contributed by atoms with van der Waals surface area (Å²) in [6.45, 7) is 1.89. The molecule has 0 aromatic carbocycles. The molecule has 0 aliphatic heterocycles. The van der Waals surface area contributed by atoms with Crippen molar-refractivity contribution in [3.8, 4) is 0 Å². The van der Waals surface area contributed by atoms with Crippen molar-refractivity contribution in [3.05, 3.63) is 44.5 Å². The highest BCUT2D eigenvalue weighted by molar-refractivity contribution is 9.10. The summed E-state index contributed by atoms with van der Waals surface area (Å²) in [5, 5.41) is 0. The Morgan fingerprint density at radius 1 is 1.42 bits per heavy atom. The summed E-state index contributed by atoms with van der Waals surface area (Å²) < 4.78 is 38.9. The number of alkyl halides is 3. The molecular weight excluding hydrogens is 437 g/mol. The number of hydrogen-bond donors (Lipinski definition) is 2. The average molecular weight is 451 g/mol. The van der Waals surface area contributed by atoms with Gasteiger partial charge >= 0.3 is 6.18 Å². The first kappa shape index (κ1) is 20.3. The van der Waals surface area contributed by atoms with E-state index < -0.39 is 29.0 Å². The summed E-state index contributed by atoms with van der Waals surface area (Å²) in [7, 11) is 1.25. The fraction of sp³-hybridized carbons (Fsp3) is 0.267. The predicted octanol–water partition coefficient (Wildman–Crippen LogP) is 3.52. The fourth-order valence-electron chi connectivity index (χ4n) is 2.18. The standard InChI is InChI=1S/C15H14BrF3N4O2S/c1-3-26-9-4-7(16)6-21-11(9)14(25)23(2)12-8(20)5-10(15(17,18)19)22-13(12)24/h4-6H,3H2,1-2H3,(H3,20,22,24). The fourth-order valence-corrected chi connectivity index (χ4v) is 3.46. The number of amides is 1. The third-order valence-electron chi connectivity index (χ3n) is 3.30. The first-order valence-electron chi connectivity index (χ1n) is 7.22. The van der Waals surface area contributed by atoms with Gasteiger partial charge in [-0.3, -0.25) is 9.59 Å². The number of nitrogens with zero attached hydrogens (tertiary/aromatic N) is 2. The Bertz CT molecular complexity index is 901. The lowest BCUT2D eigenvalue weighted by atomic mass is 10.2. The van der Waals surface area contributed by atoms with Crippen LogP contribution in [0, 0.1) is 0 Å². The number of halogens is 4. The third kappa shape index (κ3) is 4.21. The zero-order chi connectivity index (χ0) is 19.6. The minimum Gasteiger partial charge on any atom is -0.397 e. The molecule has 0 fully saturated rings. The van der Waals surface area contributed by atoms with Crippen LogP contribution in [0.2, 0.25) is 0 Å². The van der Waals surface area contributed by atoms with Gasteiger partial charge in [0, 0.05) is 22.6 Å². The molecule has 2 rings (SSSR count). The molecule has 2 heterocycles. The molecule has 0 spiro atoms. The van der Waals surface area contributed by atoms with Crippen molar-refractivity contribution in [2.45, 2.75) is 18.0 Å². The molecule has 0 aliphatic rings. The highest BCUT2D eigenvalue weighted by Crippen LogP contribution is 2.31. The van der Waals surface area contributed by atoms with Gasteiger partial charge in [0.05, 0.1) is 5.69 Å². The van der Waals surface area contributed by atoms with Crippen molar-refractivity contribution in [2.75, 3.05) is 23.4 Å². The predicted molar refractivity (Wildman–Crippen MR) is 97.5 cm³/mol. The van der Waals surface area contributed by atoms with Crippen LogP contribution in [0.15, 0.2) is 32.5 Å². The van der Waals surface area contributed by atoms with Gasteiger partial charge in [-0.25, -0.2) is 4.98 Å². The number of nitrogen functional groups attached to an aromatic ring is 1. The number of anilines is 2. The summed E-state index contributed by atoms with van der Waals surface area (Å²) in [6.07, 6.45) is -3.34. The van der Waals surface area contributed by atoms with Crippen molar-refractivity contribution in [2.24, 2.45) is 0 Å². The summed E-state index contributed by atoms with van der Waals surface area (Å²) in [4.78, 5) is 32.1. The van der Waals surface area contributed by atoms with Crippen LogP contribution in [0.3, 0.4) is 0 Å². The maximum Gasteiger partial charge on any atom is 0.431 e. The van der Waals surface area contributed by atoms with E-state index in [-0.39, 0.29) is 11.4 Å². The normalized spacial score (nSPS) is 11.5. The van der Waals surface area contributed by atoms with E-state index in [9.17, 15) is 22.8 Å². The number of pyridine rings is 2. The van der Waals surface area contributed by atoms with E-state index in [1.165, 1.54) is 25.0 Å². The number of rotatable bonds is 4. The Morgan fingerprint density at radius 2 is 2.08 bits per heavy atom. The molecule has 2 aromatic rings. The van der Waals surface area contributed by atoms with E-state index in [0.717, 1.165) is 4.90 Å². The number of nitrogens with two attached hydrogens (primary N) is 1. The molecule has 0 saturated carbocycles. The molecule has 3 N–H and O–H groups in total. The highest BCUT2D eigenvalue weighted by atomic mass is 79.9. The summed E-state index contributed by atoms with van der Waals surface area (Å²) >= 11 is 4.63. The lowest BCUT2D eigenvalue weighted by molar-refractivity contribution is -0.141.